The number of anilines is 1. The summed E-state index contributed by atoms with van der Waals surface area (Å²) in [6.07, 6.45) is 0. The van der Waals surface area contributed by atoms with Crippen molar-refractivity contribution in [1.82, 2.24) is 0 Å². The SMILES string of the molecule is COc1cc(N)cc(-c2cccs2)c1. The van der Waals surface area contributed by atoms with E-state index in [1.54, 1.807) is 18.4 Å². The highest BCUT2D eigenvalue weighted by Gasteiger charge is 2.02. The number of nitrogens with two attached hydrogens (primary N) is 1. The molecule has 3 heteroatoms. The minimum absolute atomic E-state index is 0.729. The molecule has 0 bridgehead atoms. The molecule has 0 aliphatic heterocycles. The highest BCUT2D eigenvalue weighted by Crippen LogP contribution is 2.30. The molecule has 2 nitrogen and oxygen atoms in total. The standard InChI is InChI=1S/C11H11NOS/c1-13-10-6-8(5-9(12)7-10)11-3-2-4-14-11/h2-7H,12H2,1H3. The quantitative estimate of drug-likeness (QED) is 0.765. The van der Waals surface area contributed by atoms with Crippen molar-refractivity contribution < 1.29 is 4.74 Å². The van der Waals surface area contributed by atoms with Crippen molar-refractivity contribution in [3.63, 3.8) is 0 Å². The van der Waals surface area contributed by atoms with E-state index in [1.807, 2.05) is 29.6 Å². The molecule has 1 aromatic carbocycles. The molecule has 0 atom stereocenters. The molecule has 2 aromatic rings. The third-order valence-corrected chi connectivity index (χ3v) is 2.89. The van der Waals surface area contributed by atoms with E-state index in [9.17, 15) is 0 Å². The summed E-state index contributed by atoms with van der Waals surface area (Å²) < 4.78 is 5.16. The molecular formula is C11H11NOS. The Balaban J connectivity index is 2.48. The van der Waals surface area contributed by atoms with Crippen LogP contribution in [0.3, 0.4) is 0 Å². The monoisotopic (exact) mass is 205 g/mol. The van der Waals surface area contributed by atoms with E-state index in [0.29, 0.717) is 0 Å². The fraction of sp³-hybridized carbons (Fsp3) is 0.0909. The molecule has 2 N–H and O–H groups in total. The van der Waals surface area contributed by atoms with Crippen LogP contribution in [-0.2, 0) is 0 Å². The summed E-state index contributed by atoms with van der Waals surface area (Å²) >= 11 is 1.69. The lowest BCUT2D eigenvalue weighted by Gasteiger charge is -2.04. The van der Waals surface area contributed by atoms with Crippen molar-refractivity contribution in [2.24, 2.45) is 0 Å². The Morgan fingerprint density at radius 1 is 1.29 bits per heavy atom. The first kappa shape index (κ1) is 9.09. The lowest BCUT2D eigenvalue weighted by Crippen LogP contribution is -1.89. The van der Waals surface area contributed by atoms with Gasteiger partial charge in [0.15, 0.2) is 0 Å². The average Bonchev–Trinajstić information content (AvgIpc) is 2.69. The van der Waals surface area contributed by atoms with Crippen LogP contribution in [0.4, 0.5) is 5.69 Å². The van der Waals surface area contributed by atoms with E-state index < -0.39 is 0 Å². The third-order valence-electron chi connectivity index (χ3n) is 1.97. The van der Waals surface area contributed by atoms with E-state index in [4.69, 9.17) is 10.5 Å². The van der Waals surface area contributed by atoms with Crippen LogP contribution >= 0.6 is 11.3 Å². The zero-order valence-corrected chi connectivity index (χ0v) is 8.67. The summed E-state index contributed by atoms with van der Waals surface area (Å²) in [6.45, 7) is 0. The summed E-state index contributed by atoms with van der Waals surface area (Å²) in [4.78, 5) is 1.20. The van der Waals surface area contributed by atoms with E-state index in [0.717, 1.165) is 17.0 Å². The first-order chi connectivity index (χ1) is 6.79. The van der Waals surface area contributed by atoms with Gasteiger partial charge in [0.05, 0.1) is 7.11 Å². The van der Waals surface area contributed by atoms with Crippen LogP contribution in [0, 0.1) is 0 Å². The second-order valence-electron chi connectivity index (χ2n) is 2.97. The first-order valence-corrected chi connectivity index (χ1v) is 5.16. The Bertz CT molecular complexity index is 423. The Kier molecular flexibility index (Phi) is 2.41. The van der Waals surface area contributed by atoms with Gasteiger partial charge in [-0.05, 0) is 29.1 Å². The normalized spacial score (nSPS) is 10.1. The van der Waals surface area contributed by atoms with Gasteiger partial charge in [-0.25, -0.2) is 0 Å². The van der Waals surface area contributed by atoms with Crippen molar-refractivity contribution in [2.75, 3.05) is 12.8 Å². The molecular weight excluding hydrogens is 194 g/mol. The summed E-state index contributed by atoms with van der Waals surface area (Å²) in [7, 11) is 1.65. The average molecular weight is 205 g/mol. The van der Waals surface area contributed by atoms with Crippen molar-refractivity contribution in [2.45, 2.75) is 0 Å². The van der Waals surface area contributed by atoms with E-state index in [2.05, 4.69) is 6.07 Å². The Morgan fingerprint density at radius 3 is 2.79 bits per heavy atom. The van der Waals surface area contributed by atoms with Gasteiger partial charge in [-0.3, -0.25) is 0 Å². The van der Waals surface area contributed by atoms with Gasteiger partial charge in [-0.15, -0.1) is 11.3 Å². The molecule has 1 heterocycles. The Hall–Kier alpha value is -1.48. The van der Waals surface area contributed by atoms with E-state index >= 15 is 0 Å². The molecule has 0 saturated heterocycles. The molecule has 2 rings (SSSR count). The minimum atomic E-state index is 0.729. The Morgan fingerprint density at radius 2 is 2.14 bits per heavy atom. The molecule has 0 fully saturated rings. The minimum Gasteiger partial charge on any atom is -0.497 e. The lowest BCUT2D eigenvalue weighted by atomic mass is 10.1. The van der Waals surface area contributed by atoms with Gasteiger partial charge >= 0.3 is 0 Å². The third kappa shape index (κ3) is 1.72. The highest BCUT2D eigenvalue weighted by atomic mass is 32.1. The van der Waals surface area contributed by atoms with Crippen LogP contribution in [0.15, 0.2) is 35.7 Å². The van der Waals surface area contributed by atoms with Crippen LogP contribution in [0.1, 0.15) is 0 Å². The second-order valence-corrected chi connectivity index (χ2v) is 3.92. The number of ether oxygens (including phenoxy) is 1. The lowest BCUT2D eigenvalue weighted by molar-refractivity contribution is 0.415. The molecule has 72 valence electrons. The topological polar surface area (TPSA) is 35.2 Å². The van der Waals surface area contributed by atoms with Crippen LogP contribution < -0.4 is 10.5 Å². The smallest absolute Gasteiger partial charge is 0.121 e. The van der Waals surface area contributed by atoms with Crippen molar-refractivity contribution in [3.8, 4) is 16.2 Å². The van der Waals surface area contributed by atoms with Gasteiger partial charge in [-0.1, -0.05) is 6.07 Å². The van der Waals surface area contributed by atoms with Crippen LogP contribution in [-0.4, -0.2) is 7.11 Å². The molecule has 0 spiro atoms. The summed E-state index contributed by atoms with van der Waals surface area (Å²) in [5, 5.41) is 2.05. The van der Waals surface area contributed by atoms with Gasteiger partial charge in [0.1, 0.15) is 5.75 Å². The van der Waals surface area contributed by atoms with Crippen molar-refractivity contribution >= 4 is 17.0 Å². The molecule has 0 amide bonds. The van der Waals surface area contributed by atoms with E-state index in [-0.39, 0.29) is 0 Å². The van der Waals surface area contributed by atoms with Crippen molar-refractivity contribution in [1.29, 1.82) is 0 Å². The molecule has 14 heavy (non-hydrogen) atoms. The second kappa shape index (κ2) is 3.72. The molecule has 0 radical (unpaired) electrons. The first-order valence-electron chi connectivity index (χ1n) is 4.28. The predicted octanol–water partition coefficient (Wildman–Crippen LogP) is 3.01. The van der Waals surface area contributed by atoms with Crippen LogP contribution in [0.25, 0.3) is 10.4 Å². The van der Waals surface area contributed by atoms with Gasteiger partial charge in [0, 0.05) is 16.6 Å². The van der Waals surface area contributed by atoms with Gasteiger partial charge in [0.25, 0.3) is 0 Å². The summed E-state index contributed by atoms with van der Waals surface area (Å²) in [6, 6.07) is 9.85. The van der Waals surface area contributed by atoms with E-state index in [1.165, 1.54) is 4.88 Å². The number of hydrogen-bond acceptors (Lipinski definition) is 3. The highest BCUT2D eigenvalue weighted by molar-refractivity contribution is 7.13. The van der Waals surface area contributed by atoms with Gasteiger partial charge < -0.3 is 10.5 Å². The zero-order valence-electron chi connectivity index (χ0n) is 7.86. The number of thiophene rings is 1. The number of hydrogen-bond donors (Lipinski definition) is 1. The number of benzene rings is 1. The molecule has 0 saturated carbocycles. The maximum absolute atomic E-state index is 5.77. The number of methoxy groups -OCH3 is 1. The fourth-order valence-corrected chi connectivity index (χ4v) is 2.04. The fourth-order valence-electron chi connectivity index (χ4n) is 1.33. The summed E-state index contributed by atoms with van der Waals surface area (Å²) in [5.41, 5.74) is 7.60. The summed E-state index contributed by atoms with van der Waals surface area (Å²) in [5.74, 6) is 0.799. The van der Waals surface area contributed by atoms with Crippen LogP contribution in [0.2, 0.25) is 0 Å². The molecule has 0 unspecified atom stereocenters. The van der Waals surface area contributed by atoms with Gasteiger partial charge in [0.2, 0.25) is 0 Å². The molecule has 1 aromatic heterocycles. The largest absolute Gasteiger partial charge is 0.497 e. The predicted molar refractivity (Wildman–Crippen MR) is 60.7 cm³/mol. The molecule has 0 aliphatic rings. The van der Waals surface area contributed by atoms with Crippen LogP contribution in [0.5, 0.6) is 5.75 Å². The maximum Gasteiger partial charge on any atom is 0.121 e. The zero-order chi connectivity index (χ0) is 9.97. The number of nitrogen functional groups attached to an aromatic ring is 1. The maximum atomic E-state index is 5.77. The number of rotatable bonds is 2. The van der Waals surface area contributed by atoms with Crippen molar-refractivity contribution in [3.05, 3.63) is 35.7 Å². The Labute approximate surface area is 86.9 Å². The van der Waals surface area contributed by atoms with Gasteiger partial charge in [-0.2, -0.15) is 0 Å². The molecule has 0 aliphatic carbocycles.